The third-order valence-electron chi connectivity index (χ3n) is 6.35. The first-order valence-electron chi connectivity index (χ1n) is 11.2. The van der Waals surface area contributed by atoms with Gasteiger partial charge < -0.3 is 20.2 Å². The Hall–Kier alpha value is -1.89. The van der Waals surface area contributed by atoms with Gasteiger partial charge in [-0.2, -0.15) is 0 Å². The Morgan fingerprint density at radius 2 is 1.77 bits per heavy atom. The molecule has 30 heavy (non-hydrogen) atoms. The standard InChI is InChI=1S/C24H33N3O2S/c28-22-10-15-27(16-11-22)24(29)18-19-3-5-21(6-4-19)26-13-8-20(9-14-26)25-12-7-23-2-1-17-30-23/h1-6,17,20,22,25,28H,7-16,18H2. The number of aliphatic hydroxyl groups excluding tert-OH is 1. The molecule has 0 unspecified atom stereocenters. The van der Waals surface area contributed by atoms with Crippen LogP contribution in [0.2, 0.25) is 0 Å². The van der Waals surface area contributed by atoms with Crippen molar-refractivity contribution in [3.63, 3.8) is 0 Å². The molecule has 5 nitrogen and oxygen atoms in total. The van der Waals surface area contributed by atoms with Crippen LogP contribution in [0.3, 0.4) is 0 Å². The summed E-state index contributed by atoms with van der Waals surface area (Å²) in [7, 11) is 0. The molecule has 1 amide bonds. The molecule has 2 fully saturated rings. The van der Waals surface area contributed by atoms with Gasteiger partial charge in [0.1, 0.15) is 0 Å². The fourth-order valence-electron chi connectivity index (χ4n) is 4.42. The Morgan fingerprint density at radius 3 is 2.43 bits per heavy atom. The minimum absolute atomic E-state index is 0.170. The quantitative estimate of drug-likeness (QED) is 0.713. The van der Waals surface area contributed by atoms with Gasteiger partial charge in [-0.3, -0.25) is 4.79 Å². The van der Waals surface area contributed by atoms with E-state index in [4.69, 9.17) is 0 Å². The number of piperidine rings is 2. The number of rotatable bonds is 7. The number of amides is 1. The molecule has 3 heterocycles. The lowest BCUT2D eigenvalue weighted by atomic mass is 10.0. The molecule has 1 aromatic carbocycles. The van der Waals surface area contributed by atoms with Crippen LogP contribution in [0.5, 0.6) is 0 Å². The average molecular weight is 428 g/mol. The van der Waals surface area contributed by atoms with E-state index in [0.717, 1.165) is 31.6 Å². The number of aliphatic hydroxyl groups is 1. The highest BCUT2D eigenvalue weighted by atomic mass is 32.1. The van der Waals surface area contributed by atoms with Gasteiger partial charge in [-0.15, -0.1) is 11.3 Å². The Kier molecular flexibility index (Phi) is 7.42. The number of benzene rings is 1. The predicted molar refractivity (Wildman–Crippen MR) is 123 cm³/mol. The zero-order chi connectivity index (χ0) is 20.8. The van der Waals surface area contributed by atoms with E-state index >= 15 is 0 Å². The maximum atomic E-state index is 12.5. The number of carbonyl (C=O) groups is 1. The largest absolute Gasteiger partial charge is 0.393 e. The van der Waals surface area contributed by atoms with Crippen LogP contribution >= 0.6 is 11.3 Å². The van der Waals surface area contributed by atoms with Crippen molar-refractivity contribution in [3.05, 3.63) is 52.2 Å². The van der Waals surface area contributed by atoms with E-state index in [0.29, 0.717) is 38.4 Å². The summed E-state index contributed by atoms with van der Waals surface area (Å²) in [5, 5.41) is 15.5. The monoisotopic (exact) mass is 427 g/mol. The Balaban J connectivity index is 1.19. The Morgan fingerprint density at radius 1 is 1.03 bits per heavy atom. The summed E-state index contributed by atoms with van der Waals surface area (Å²) in [6.45, 7) is 4.56. The van der Waals surface area contributed by atoms with Crippen LogP contribution in [-0.2, 0) is 17.6 Å². The number of likely N-dealkylation sites (tertiary alicyclic amines) is 1. The number of hydrogen-bond acceptors (Lipinski definition) is 5. The van der Waals surface area contributed by atoms with Crippen LogP contribution in [0.1, 0.15) is 36.1 Å². The maximum absolute atomic E-state index is 12.5. The molecule has 0 radical (unpaired) electrons. The lowest BCUT2D eigenvalue weighted by Gasteiger charge is -2.34. The highest BCUT2D eigenvalue weighted by Gasteiger charge is 2.22. The third-order valence-corrected chi connectivity index (χ3v) is 7.29. The molecule has 2 aliphatic rings. The first kappa shape index (κ1) is 21.3. The molecule has 2 aromatic rings. The summed E-state index contributed by atoms with van der Waals surface area (Å²) in [5.74, 6) is 0.170. The molecular formula is C24H33N3O2S. The molecule has 0 bridgehead atoms. The van der Waals surface area contributed by atoms with Gasteiger partial charge in [0, 0.05) is 49.3 Å². The molecule has 4 rings (SSSR count). The van der Waals surface area contributed by atoms with E-state index in [1.807, 2.05) is 16.2 Å². The van der Waals surface area contributed by atoms with Crippen LogP contribution < -0.4 is 10.2 Å². The summed E-state index contributed by atoms with van der Waals surface area (Å²) in [4.78, 5) is 18.3. The van der Waals surface area contributed by atoms with E-state index in [1.54, 1.807) is 0 Å². The van der Waals surface area contributed by atoms with Gasteiger partial charge in [0.2, 0.25) is 5.91 Å². The molecule has 2 N–H and O–H groups in total. The minimum Gasteiger partial charge on any atom is -0.393 e. The number of anilines is 1. The smallest absolute Gasteiger partial charge is 0.226 e. The van der Waals surface area contributed by atoms with Crippen molar-refractivity contribution in [1.82, 2.24) is 10.2 Å². The fraction of sp³-hybridized carbons (Fsp3) is 0.542. The summed E-state index contributed by atoms with van der Waals surface area (Å²) in [6.07, 6.45) is 5.07. The van der Waals surface area contributed by atoms with Gasteiger partial charge in [0.15, 0.2) is 0 Å². The molecule has 2 saturated heterocycles. The van der Waals surface area contributed by atoms with Crippen LogP contribution in [0.4, 0.5) is 5.69 Å². The number of hydrogen-bond donors (Lipinski definition) is 2. The minimum atomic E-state index is -0.242. The zero-order valence-corrected chi connectivity index (χ0v) is 18.4. The Labute approximate surface area is 183 Å². The summed E-state index contributed by atoms with van der Waals surface area (Å²) < 4.78 is 0. The van der Waals surface area contributed by atoms with Crippen LogP contribution in [0.15, 0.2) is 41.8 Å². The van der Waals surface area contributed by atoms with E-state index in [9.17, 15) is 9.90 Å². The highest BCUT2D eigenvalue weighted by molar-refractivity contribution is 7.09. The van der Waals surface area contributed by atoms with Crippen molar-refractivity contribution < 1.29 is 9.90 Å². The lowest BCUT2D eigenvalue weighted by molar-refractivity contribution is -0.132. The van der Waals surface area contributed by atoms with Crippen molar-refractivity contribution in [2.75, 3.05) is 37.6 Å². The first-order chi connectivity index (χ1) is 14.7. The van der Waals surface area contributed by atoms with Gasteiger partial charge in [-0.05, 0) is 61.2 Å². The lowest BCUT2D eigenvalue weighted by Crippen LogP contribution is -2.43. The van der Waals surface area contributed by atoms with Crippen molar-refractivity contribution in [2.24, 2.45) is 0 Å². The Bertz CT molecular complexity index is 777. The van der Waals surface area contributed by atoms with E-state index in [2.05, 4.69) is 52.0 Å². The highest BCUT2D eigenvalue weighted by Crippen LogP contribution is 2.21. The maximum Gasteiger partial charge on any atom is 0.226 e. The van der Waals surface area contributed by atoms with Crippen LogP contribution in [-0.4, -0.2) is 60.8 Å². The van der Waals surface area contributed by atoms with Crippen molar-refractivity contribution >= 4 is 22.9 Å². The van der Waals surface area contributed by atoms with E-state index < -0.39 is 0 Å². The molecule has 2 aliphatic heterocycles. The number of thiophene rings is 1. The van der Waals surface area contributed by atoms with E-state index in [-0.39, 0.29) is 12.0 Å². The molecule has 0 spiro atoms. The predicted octanol–water partition coefficient (Wildman–Crippen LogP) is 3.08. The normalized spacial score (nSPS) is 18.7. The topological polar surface area (TPSA) is 55.8 Å². The van der Waals surface area contributed by atoms with Gasteiger partial charge >= 0.3 is 0 Å². The molecular weight excluding hydrogens is 394 g/mol. The second kappa shape index (κ2) is 10.4. The second-order valence-corrected chi connectivity index (χ2v) is 9.53. The van der Waals surface area contributed by atoms with E-state index in [1.165, 1.54) is 23.4 Å². The number of carbonyl (C=O) groups excluding carboxylic acids is 1. The first-order valence-corrected chi connectivity index (χ1v) is 12.1. The van der Waals surface area contributed by atoms with Crippen molar-refractivity contribution in [2.45, 2.75) is 50.7 Å². The van der Waals surface area contributed by atoms with Crippen molar-refractivity contribution in [1.29, 1.82) is 0 Å². The van der Waals surface area contributed by atoms with Crippen molar-refractivity contribution in [3.8, 4) is 0 Å². The molecule has 6 heteroatoms. The SMILES string of the molecule is O=C(Cc1ccc(N2CCC(NCCc3cccs3)CC2)cc1)N1CCC(O)CC1. The van der Waals surface area contributed by atoms with Gasteiger partial charge in [-0.25, -0.2) is 0 Å². The van der Waals surface area contributed by atoms with Crippen LogP contribution in [0.25, 0.3) is 0 Å². The molecule has 0 atom stereocenters. The number of nitrogens with one attached hydrogen (secondary N) is 1. The summed E-state index contributed by atoms with van der Waals surface area (Å²) in [5.41, 5.74) is 2.32. The molecule has 162 valence electrons. The second-order valence-electron chi connectivity index (χ2n) is 8.50. The van der Waals surface area contributed by atoms with Gasteiger partial charge in [0.05, 0.1) is 12.5 Å². The zero-order valence-electron chi connectivity index (χ0n) is 17.6. The van der Waals surface area contributed by atoms with Gasteiger partial charge in [-0.1, -0.05) is 18.2 Å². The molecule has 0 aliphatic carbocycles. The van der Waals surface area contributed by atoms with Crippen LogP contribution in [0, 0.1) is 0 Å². The fourth-order valence-corrected chi connectivity index (χ4v) is 5.13. The molecule has 1 aromatic heterocycles. The molecule has 0 saturated carbocycles. The summed E-state index contributed by atoms with van der Waals surface area (Å²) in [6, 6.07) is 13.5. The average Bonchev–Trinajstić information content (AvgIpc) is 3.29. The van der Waals surface area contributed by atoms with Gasteiger partial charge in [0.25, 0.3) is 0 Å². The third kappa shape index (κ3) is 5.84. The summed E-state index contributed by atoms with van der Waals surface area (Å²) >= 11 is 1.84. The number of nitrogens with zero attached hydrogens (tertiary/aromatic N) is 2.